The van der Waals surface area contributed by atoms with Crippen LogP contribution in [0.2, 0.25) is 0 Å². The highest BCUT2D eigenvalue weighted by atomic mass is 32.1. The standard InChI is InChI=1S/C47H27N3S/c1-2-14-28(15-3-1)44-48-39-24-12-7-20-35(39)45(49-44)50-40-25-13-8-19-32(40)34-27-26-33-31-18-6-11-23-38(31)47(43-41(33)42(34)46(50)51-43)36-21-9-4-16-29(36)30-17-5-10-22-37(30)47/h1-27H. The first-order valence-corrected chi connectivity index (χ1v) is 18.2. The second-order valence-electron chi connectivity index (χ2n) is 13.6. The van der Waals surface area contributed by atoms with E-state index in [4.69, 9.17) is 9.97 Å². The third-order valence-electron chi connectivity index (χ3n) is 11.2. The molecule has 0 N–H and O–H groups in total. The molecule has 12 rings (SSSR count). The van der Waals surface area contributed by atoms with Crippen LogP contribution >= 0.6 is 11.3 Å². The molecule has 3 aliphatic rings. The Morgan fingerprint density at radius 2 is 1.00 bits per heavy atom. The van der Waals surface area contributed by atoms with Crippen molar-refractivity contribution in [2.24, 2.45) is 0 Å². The van der Waals surface area contributed by atoms with Crippen LogP contribution in [0.25, 0.3) is 66.4 Å². The number of nitrogens with zero attached hydrogens (tertiary/aromatic N) is 3. The molecule has 236 valence electrons. The van der Waals surface area contributed by atoms with Crippen molar-refractivity contribution in [1.82, 2.24) is 9.97 Å². The van der Waals surface area contributed by atoms with Crippen molar-refractivity contribution in [3.05, 3.63) is 185 Å². The summed E-state index contributed by atoms with van der Waals surface area (Å²) in [5.74, 6) is 1.62. The van der Waals surface area contributed by atoms with Gasteiger partial charge in [0.05, 0.1) is 16.6 Å². The minimum atomic E-state index is -0.457. The predicted octanol–water partition coefficient (Wildman–Crippen LogP) is 12.3. The van der Waals surface area contributed by atoms with E-state index >= 15 is 0 Å². The third-order valence-corrected chi connectivity index (χ3v) is 12.5. The van der Waals surface area contributed by atoms with Gasteiger partial charge in [0.25, 0.3) is 0 Å². The number of benzene rings is 7. The Hall–Kier alpha value is -6.36. The van der Waals surface area contributed by atoms with Gasteiger partial charge < -0.3 is 0 Å². The van der Waals surface area contributed by atoms with Crippen molar-refractivity contribution in [3.8, 4) is 44.8 Å². The largest absolute Gasteiger partial charge is 0.284 e. The normalized spacial score (nSPS) is 14.0. The molecule has 51 heavy (non-hydrogen) atoms. The van der Waals surface area contributed by atoms with Gasteiger partial charge in [0.1, 0.15) is 10.8 Å². The maximum atomic E-state index is 5.45. The van der Waals surface area contributed by atoms with E-state index in [0.717, 1.165) is 33.8 Å². The van der Waals surface area contributed by atoms with Crippen LogP contribution < -0.4 is 4.90 Å². The summed E-state index contributed by atoms with van der Waals surface area (Å²) < 4.78 is 0. The quantitative estimate of drug-likeness (QED) is 0.184. The van der Waals surface area contributed by atoms with E-state index in [1.807, 2.05) is 17.4 Å². The molecule has 0 unspecified atom stereocenters. The summed E-state index contributed by atoms with van der Waals surface area (Å²) in [7, 11) is 0. The number of fused-ring (bicyclic) bond motifs is 12. The number of rotatable bonds is 2. The van der Waals surface area contributed by atoms with Crippen molar-refractivity contribution in [2.75, 3.05) is 4.90 Å². The van der Waals surface area contributed by atoms with E-state index in [2.05, 4.69) is 163 Å². The summed E-state index contributed by atoms with van der Waals surface area (Å²) in [6.07, 6.45) is 0. The van der Waals surface area contributed by atoms with Crippen LogP contribution in [0.3, 0.4) is 0 Å². The molecule has 3 nitrogen and oxygen atoms in total. The zero-order valence-electron chi connectivity index (χ0n) is 27.3. The molecule has 0 fully saturated rings. The van der Waals surface area contributed by atoms with Crippen molar-refractivity contribution < 1.29 is 0 Å². The minimum Gasteiger partial charge on any atom is -0.284 e. The van der Waals surface area contributed by atoms with Gasteiger partial charge in [-0.25, -0.2) is 9.97 Å². The number of anilines is 3. The molecule has 4 heteroatoms. The van der Waals surface area contributed by atoms with Crippen molar-refractivity contribution >= 4 is 49.5 Å². The van der Waals surface area contributed by atoms with E-state index in [0.29, 0.717) is 0 Å². The summed E-state index contributed by atoms with van der Waals surface area (Å²) in [6.45, 7) is 0. The van der Waals surface area contributed by atoms with E-state index < -0.39 is 5.41 Å². The van der Waals surface area contributed by atoms with Gasteiger partial charge in [0, 0.05) is 32.2 Å². The van der Waals surface area contributed by atoms with Crippen LogP contribution in [0.5, 0.6) is 0 Å². The van der Waals surface area contributed by atoms with Gasteiger partial charge in [-0.3, -0.25) is 4.90 Å². The summed E-state index contributed by atoms with van der Waals surface area (Å²) in [4.78, 5) is 14.4. The molecule has 7 aromatic carbocycles. The van der Waals surface area contributed by atoms with Gasteiger partial charge in [0.2, 0.25) is 0 Å². The highest BCUT2D eigenvalue weighted by Gasteiger charge is 2.52. The molecule has 3 heterocycles. The SMILES string of the molecule is c1ccc(-c2nc(N3c4ccccc4-c4ccc5c6c(sc3c46)C3(c4ccccc4-c4ccccc43)c3ccccc3-5)c3ccccc3n2)cc1. The fraction of sp³-hybridized carbons (Fsp3) is 0.0213. The van der Waals surface area contributed by atoms with Crippen molar-refractivity contribution in [3.63, 3.8) is 0 Å². The van der Waals surface area contributed by atoms with Gasteiger partial charge in [-0.1, -0.05) is 146 Å². The smallest absolute Gasteiger partial charge is 0.162 e. The molecule has 2 aliphatic carbocycles. The highest BCUT2D eigenvalue weighted by Crippen LogP contribution is 2.67. The zero-order valence-corrected chi connectivity index (χ0v) is 28.2. The van der Waals surface area contributed by atoms with Crippen molar-refractivity contribution in [2.45, 2.75) is 5.41 Å². The number of thiophene rings is 1. The Morgan fingerprint density at radius 1 is 0.451 bits per heavy atom. The third kappa shape index (κ3) is 3.38. The van der Waals surface area contributed by atoms with Gasteiger partial charge in [-0.15, -0.1) is 11.3 Å². The molecule has 1 aliphatic heterocycles. The van der Waals surface area contributed by atoms with Crippen LogP contribution in [0.15, 0.2) is 164 Å². The second-order valence-corrected chi connectivity index (χ2v) is 14.6. The van der Waals surface area contributed by atoms with Crippen molar-refractivity contribution in [1.29, 1.82) is 0 Å². The fourth-order valence-corrected chi connectivity index (χ4v) is 10.8. The molecule has 2 aromatic heterocycles. The molecular formula is C47H27N3S. The van der Waals surface area contributed by atoms with Gasteiger partial charge in [0.15, 0.2) is 5.82 Å². The summed E-state index contributed by atoms with van der Waals surface area (Å²) in [5, 5.41) is 4.87. The zero-order chi connectivity index (χ0) is 33.3. The lowest BCUT2D eigenvalue weighted by molar-refractivity contribution is 0.791. The van der Waals surface area contributed by atoms with E-state index in [-0.39, 0.29) is 0 Å². The number of aromatic nitrogens is 2. The first-order valence-electron chi connectivity index (χ1n) is 17.4. The molecule has 0 atom stereocenters. The van der Waals surface area contributed by atoms with E-state index in [1.54, 1.807) is 0 Å². The molecule has 0 saturated heterocycles. The maximum absolute atomic E-state index is 5.45. The topological polar surface area (TPSA) is 29.0 Å². The molecular weight excluding hydrogens is 639 g/mol. The molecule has 0 radical (unpaired) electrons. The molecule has 0 saturated carbocycles. The Morgan fingerprint density at radius 3 is 1.71 bits per heavy atom. The first-order chi connectivity index (χ1) is 25.3. The monoisotopic (exact) mass is 665 g/mol. The first kappa shape index (κ1) is 27.5. The van der Waals surface area contributed by atoms with Crippen LogP contribution in [-0.4, -0.2) is 9.97 Å². The summed E-state index contributed by atoms with van der Waals surface area (Å²) >= 11 is 1.93. The second kappa shape index (κ2) is 9.87. The Kier molecular flexibility index (Phi) is 5.32. The van der Waals surface area contributed by atoms with Crippen LogP contribution in [0.4, 0.5) is 16.5 Å². The van der Waals surface area contributed by atoms with E-state index in [1.165, 1.54) is 70.7 Å². The average molecular weight is 666 g/mol. The van der Waals surface area contributed by atoms with Crippen LogP contribution in [-0.2, 0) is 5.41 Å². The van der Waals surface area contributed by atoms with Gasteiger partial charge in [-0.05, 0) is 62.7 Å². The van der Waals surface area contributed by atoms with Gasteiger partial charge in [-0.2, -0.15) is 0 Å². The number of hydrogen-bond donors (Lipinski definition) is 0. The fourth-order valence-electron chi connectivity index (χ4n) is 9.23. The average Bonchev–Trinajstić information content (AvgIpc) is 3.74. The molecule has 9 aromatic rings. The van der Waals surface area contributed by atoms with Crippen LogP contribution in [0.1, 0.15) is 21.6 Å². The molecule has 1 spiro atoms. The number of hydrogen-bond acceptors (Lipinski definition) is 4. The Labute approximate surface area is 298 Å². The maximum Gasteiger partial charge on any atom is 0.162 e. The highest BCUT2D eigenvalue weighted by molar-refractivity contribution is 7.19. The van der Waals surface area contributed by atoms with Crippen LogP contribution in [0, 0.1) is 0 Å². The lowest BCUT2D eigenvalue weighted by Crippen LogP contribution is -2.30. The van der Waals surface area contributed by atoms with Gasteiger partial charge >= 0.3 is 0 Å². The van der Waals surface area contributed by atoms with E-state index in [9.17, 15) is 0 Å². The lowest BCUT2D eigenvalue weighted by atomic mass is 9.65. The Balaban J connectivity index is 1.26. The summed E-state index contributed by atoms with van der Waals surface area (Å²) in [5.41, 5.74) is 14.4. The number of para-hydroxylation sites is 2. The minimum absolute atomic E-state index is 0.457. The molecule has 0 bridgehead atoms. The lowest BCUT2D eigenvalue weighted by Gasteiger charge is -2.38. The Bertz CT molecular complexity index is 2890. The predicted molar refractivity (Wildman–Crippen MR) is 210 cm³/mol. The summed E-state index contributed by atoms with van der Waals surface area (Å²) in [6, 6.07) is 59.6. The molecule has 0 amide bonds.